The van der Waals surface area contributed by atoms with E-state index in [1.54, 1.807) is 0 Å². The van der Waals surface area contributed by atoms with E-state index in [4.69, 9.17) is 4.79 Å². The van der Waals surface area contributed by atoms with E-state index < -0.39 is 0 Å². The molecule has 170 valence electrons. The van der Waals surface area contributed by atoms with E-state index in [0.717, 1.165) is 41.2 Å². The number of aryl methyl sites for hydroxylation is 2. The average Bonchev–Trinajstić information content (AvgIpc) is 2.81. The topological polar surface area (TPSA) is 58.4 Å². The highest BCUT2D eigenvalue weighted by Crippen LogP contribution is 2.22. The Morgan fingerprint density at radius 3 is 2.19 bits per heavy atom. The molecule has 2 rings (SSSR count). The third kappa shape index (κ3) is 7.95. The molecule has 0 spiro atoms. The highest BCUT2D eigenvalue weighted by atomic mass is 16.1. The number of nitrogens with zero attached hydrogens (tertiary/aromatic N) is 1. The fourth-order valence-corrected chi connectivity index (χ4v) is 3.12. The molecule has 0 aromatic heterocycles. The first-order valence-corrected chi connectivity index (χ1v) is 10.8. The van der Waals surface area contributed by atoms with Crippen LogP contribution in [-0.2, 0) is 17.8 Å². The molecule has 0 aliphatic rings. The minimum atomic E-state index is 0.250. The maximum atomic E-state index is 8.58. The smallest absolute Gasteiger partial charge is 0.204 e. The quantitative estimate of drug-likeness (QED) is 0.395. The van der Waals surface area contributed by atoms with Crippen LogP contribution in [0, 0.1) is 6.92 Å². The molecule has 0 atom stereocenters. The number of hydrogen-bond donors (Lipinski definition) is 2. The SMILES string of the molecule is C=C/C(C)=C(/C)N(C)/C(=C\C(=C)c1ccccc1C)NCc1ccc(CC)cc1.NC=O. The van der Waals surface area contributed by atoms with Gasteiger partial charge in [0.1, 0.15) is 5.82 Å². The molecular formula is C28H37N3O. The van der Waals surface area contributed by atoms with Gasteiger partial charge >= 0.3 is 0 Å². The molecule has 4 nitrogen and oxygen atoms in total. The average molecular weight is 432 g/mol. The largest absolute Gasteiger partial charge is 0.372 e. The van der Waals surface area contributed by atoms with Gasteiger partial charge in [-0.3, -0.25) is 4.79 Å². The fourth-order valence-electron chi connectivity index (χ4n) is 3.12. The number of amides is 1. The van der Waals surface area contributed by atoms with Crippen molar-refractivity contribution in [2.24, 2.45) is 5.73 Å². The highest BCUT2D eigenvalue weighted by molar-refractivity contribution is 5.74. The second-order valence-corrected chi connectivity index (χ2v) is 7.56. The van der Waals surface area contributed by atoms with Crippen molar-refractivity contribution in [2.45, 2.75) is 40.7 Å². The zero-order valence-corrected chi connectivity index (χ0v) is 20.1. The minimum absolute atomic E-state index is 0.250. The Labute approximate surface area is 193 Å². The lowest BCUT2D eigenvalue weighted by atomic mass is 10.0. The van der Waals surface area contributed by atoms with Crippen LogP contribution in [0.5, 0.6) is 0 Å². The van der Waals surface area contributed by atoms with Crippen molar-refractivity contribution in [2.75, 3.05) is 7.05 Å². The second kappa shape index (κ2) is 13.7. The zero-order chi connectivity index (χ0) is 24.1. The van der Waals surface area contributed by atoms with Gasteiger partial charge in [0.15, 0.2) is 0 Å². The number of nitrogens with two attached hydrogens (primary N) is 1. The van der Waals surface area contributed by atoms with Gasteiger partial charge in [-0.15, -0.1) is 0 Å². The fraction of sp³-hybridized carbons (Fsp3) is 0.250. The molecule has 32 heavy (non-hydrogen) atoms. The summed E-state index contributed by atoms with van der Waals surface area (Å²) in [4.78, 5) is 10.8. The Balaban J connectivity index is 0.00000161. The number of allylic oxidation sites excluding steroid dienone is 5. The minimum Gasteiger partial charge on any atom is -0.372 e. The Hall–Kier alpha value is -3.53. The Morgan fingerprint density at radius 1 is 1.09 bits per heavy atom. The number of benzene rings is 2. The highest BCUT2D eigenvalue weighted by Gasteiger charge is 2.10. The molecule has 1 amide bonds. The molecule has 0 saturated heterocycles. The molecule has 0 bridgehead atoms. The van der Waals surface area contributed by atoms with Crippen molar-refractivity contribution in [3.05, 3.63) is 113 Å². The summed E-state index contributed by atoms with van der Waals surface area (Å²) in [6, 6.07) is 17.1. The van der Waals surface area contributed by atoms with Gasteiger partial charge < -0.3 is 16.0 Å². The van der Waals surface area contributed by atoms with E-state index in [9.17, 15) is 0 Å². The maximum Gasteiger partial charge on any atom is 0.204 e. The van der Waals surface area contributed by atoms with Gasteiger partial charge in [0.25, 0.3) is 0 Å². The number of rotatable bonds is 9. The van der Waals surface area contributed by atoms with Gasteiger partial charge in [-0.1, -0.05) is 74.7 Å². The van der Waals surface area contributed by atoms with Gasteiger partial charge in [-0.25, -0.2) is 0 Å². The van der Waals surface area contributed by atoms with E-state index in [-0.39, 0.29) is 6.41 Å². The van der Waals surface area contributed by atoms with E-state index in [1.165, 1.54) is 16.7 Å². The standard InChI is InChI=1S/C27H34N2.CH3NO/c1-8-20(3)23(6)29(7)27(18-22(5)26-13-11-10-12-21(26)4)28-19-25-16-14-24(9-2)15-17-25;2-1-3/h8,10-18,28H,1,5,9,19H2,2-4,6-7H3;1H,(H2,2,3)/b23-20-,27-18-;. The third-order valence-electron chi connectivity index (χ3n) is 5.45. The normalized spacial score (nSPS) is 11.5. The lowest BCUT2D eigenvalue weighted by Gasteiger charge is -2.26. The first-order chi connectivity index (χ1) is 15.3. The molecular weight excluding hydrogens is 394 g/mol. The van der Waals surface area contributed by atoms with Gasteiger partial charge in [0, 0.05) is 19.3 Å². The molecule has 2 aromatic rings. The summed E-state index contributed by atoms with van der Waals surface area (Å²) in [7, 11) is 2.08. The second-order valence-electron chi connectivity index (χ2n) is 7.56. The van der Waals surface area contributed by atoms with Crippen molar-refractivity contribution < 1.29 is 4.79 Å². The molecule has 0 fully saturated rings. The Bertz CT molecular complexity index is 968. The van der Waals surface area contributed by atoms with E-state index in [0.29, 0.717) is 0 Å². The Kier molecular flexibility index (Phi) is 11.4. The number of carbonyl (C=O) groups excluding carboxylic acids is 1. The first kappa shape index (κ1) is 26.5. The van der Waals surface area contributed by atoms with Crippen molar-refractivity contribution >= 4 is 12.0 Å². The van der Waals surface area contributed by atoms with Crippen LogP contribution in [0.3, 0.4) is 0 Å². The monoisotopic (exact) mass is 431 g/mol. The van der Waals surface area contributed by atoms with E-state index in [2.05, 4.69) is 118 Å². The van der Waals surface area contributed by atoms with Crippen molar-refractivity contribution in [3.8, 4) is 0 Å². The van der Waals surface area contributed by atoms with Crippen LogP contribution in [-0.4, -0.2) is 18.4 Å². The summed E-state index contributed by atoms with van der Waals surface area (Å²) in [5.41, 5.74) is 12.4. The number of hydrogen-bond acceptors (Lipinski definition) is 3. The molecule has 0 heterocycles. The number of primary amides is 1. The summed E-state index contributed by atoms with van der Waals surface area (Å²) in [5, 5.41) is 3.61. The Morgan fingerprint density at radius 2 is 1.66 bits per heavy atom. The van der Waals surface area contributed by atoms with Gasteiger partial charge in [-0.2, -0.15) is 0 Å². The third-order valence-corrected chi connectivity index (χ3v) is 5.45. The van der Waals surface area contributed by atoms with Crippen molar-refractivity contribution in [1.82, 2.24) is 10.2 Å². The van der Waals surface area contributed by atoms with Gasteiger partial charge in [0.05, 0.1) is 0 Å². The summed E-state index contributed by atoms with van der Waals surface area (Å²) < 4.78 is 0. The number of nitrogens with one attached hydrogen (secondary N) is 1. The zero-order valence-electron chi connectivity index (χ0n) is 20.1. The van der Waals surface area contributed by atoms with Crippen LogP contribution >= 0.6 is 0 Å². The van der Waals surface area contributed by atoms with E-state index >= 15 is 0 Å². The summed E-state index contributed by atoms with van der Waals surface area (Å²) in [6.45, 7) is 17.5. The first-order valence-electron chi connectivity index (χ1n) is 10.8. The molecule has 0 unspecified atom stereocenters. The predicted octanol–water partition coefficient (Wildman–Crippen LogP) is 5.72. The van der Waals surface area contributed by atoms with Crippen molar-refractivity contribution in [3.63, 3.8) is 0 Å². The molecule has 0 aliphatic heterocycles. The predicted molar refractivity (Wildman–Crippen MR) is 138 cm³/mol. The maximum absolute atomic E-state index is 8.58. The summed E-state index contributed by atoms with van der Waals surface area (Å²) in [5.74, 6) is 1.01. The molecule has 3 N–H and O–H groups in total. The van der Waals surface area contributed by atoms with Gasteiger partial charge in [0.2, 0.25) is 6.41 Å². The molecule has 0 radical (unpaired) electrons. The van der Waals surface area contributed by atoms with Crippen LogP contribution in [0.15, 0.2) is 90.9 Å². The summed E-state index contributed by atoms with van der Waals surface area (Å²) in [6.07, 6.45) is 5.33. The molecule has 4 heteroatoms. The molecule has 2 aromatic carbocycles. The van der Waals surface area contributed by atoms with Gasteiger partial charge in [-0.05, 0) is 66.7 Å². The van der Waals surface area contributed by atoms with Crippen molar-refractivity contribution in [1.29, 1.82) is 0 Å². The lowest BCUT2D eigenvalue weighted by Crippen LogP contribution is -2.28. The lowest BCUT2D eigenvalue weighted by molar-refractivity contribution is -0.106. The van der Waals surface area contributed by atoms with Crippen LogP contribution in [0.4, 0.5) is 0 Å². The molecule has 0 saturated carbocycles. The van der Waals surface area contributed by atoms with E-state index in [1.807, 2.05) is 6.08 Å². The van der Waals surface area contributed by atoms with Crippen LogP contribution in [0.2, 0.25) is 0 Å². The summed E-state index contributed by atoms with van der Waals surface area (Å²) >= 11 is 0. The van der Waals surface area contributed by atoms with Crippen LogP contribution in [0.1, 0.15) is 43.0 Å². The number of carbonyl (C=O) groups is 1. The van der Waals surface area contributed by atoms with Crippen LogP contribution < -0.4 is 11.1 Å². The molecule has 0 aliphatic carbocycles. The van der Waals surface area contributed by atoms with Crippen LogP contribution in [0.25, 0.3) is 5.57 Å².